The molecule has 0 bridgehead atoms. The number of carbonyl (C=O) groups is 1. The van der Waals surface area contributed by atoms with Crippen LogP contribution < -0.4 is 10.6 Å². The predicted molar refractivity (Wildman–Crippen MR) is 160 cm³/mol. The van der Waals surface area contributed by atoms with Crippen molar-refractivity contribution in [2.75, 3.05) is 5.32 Å². The molecule has 5 rings (SSSR count). The number of halogens is 1. The summed E-state index contributed by atoms with van der Waals surface area (Å²) in [7, 11) is 0. The second-order valence-corrected chi connectivity index (χ2v) is 9.74. The van der Waals surface area contributed by atoms with Crippen molar-refractivity contribution in [3.63, 3.8) is 0 Å². The molecule has 9 heteroatoms. The van der Waals surface area contributed by atoms with Gasteiger partial charge in [-0.25, -0.2) is 0 Å². The highest BCUT2D eigenvalue weighted by Crippen LogP contribution is 2.27. The molecule has 2 N–H and O–H groups in total. The Kier molecular flexibility index (Phi) is 8.15. The van der Waals surface area contributed by atoms with Crippen molar-refractivity contribution >= 4 is 57.6 Å². The number of rotatable bonds is 8. The molecule has 5 aromatic rings. The lowest BCUT2D eigenvalue weighted by molar-refractivity contribution is -0.115. The van der Waals surface area contributed by atoms with E-state index in [-0.39, 0.29) is 5.11 Å². The molecular formula is C30H26ClN5O2S. The third kappa shape index (κ3) is 6.60. The van der Waals surface area contributed by atoms with Gasteiger partial charge in [-0.3, -0.25) is 10.1 Å². The van der Waals surface area contributed by atoms with E-state index in [0.717, 1.165) is 36.3 Å². The Morgan fingerprint density at radius 2 is 1.77 bits per heavy atom. The molecule has 7 nitrogen and oxygen atoms in total. The van der Waals surface area contributed by atoms with Crippen LogP contribution in [0.2, 0.25) is 5.02 Å². The van der Waals surface area contributed by atoms with E-state index in [1.165, 1.54) is 11.6 Å². The number of amides is 1. The van der Waals surface area contributed by atoms with Gasteiger partial charge >= 0.3 is 0 Å². The Hall–Kier alpha value is -4.27. The summed E-state index contributed by atoms with van der Waals surface area (Å²) in [6, 6.07) is 25.1. The summed E-state index contributed by atoms with van der Waals surface area (Å²) < 4.78 is 5.78. The number of unbranched alkanes of at least 4 members (excludes halogenated alkanes) is 1. The molecule has 196 valence electrons. The smallest absolute Gasteiger partial charge is 0.250 e. The van der Waals surface area contributed by atoms with Crippen LogP contribution in [0, 0.1) is 0 Å². The zero-order valence-corrected chi connectivity index (χ0v) is 22.8. The fourth-order valence-corrected chi connectivity index (χ4v) is 4.41. The number of hydrogen-bond acceptors (Lipinski definition) is 5. The molecule has 0 fully saturated rings. The Labute approximate surface area is 236 Å². The molecule has 0 radical (unpaired) electrons. The van der Waals surface area contributed by atoms with Crippen LogP contribution >= 0.6 is 23.8 Å². The fraction of sp³-hybridized carbons (Fsp3) is 0.133. The molecule has 0 aliphatic rings. The minimum atomic E-state index is -0.407. The van der Waals surface area contributed by atoms with Gasteiger partial charge < -0.3 is 9.73 Å². The summed E-state index contributed by atoms with van der Waals surface area (Å²) in [4.78, 5) is 14.0. The number of hydrogen-bond donors (Lipinski definition) is 2. The van der Waals surface area contributed by atoms with E-state index in [1.807, 2.05) is 48.5 Å². The minimum absolute atomic E-state index is 0.102. The molecule has 0 unspecified atom stereocenters. The zero-order chi connectivity index (χ0) is 27.2. The average molecular weight is 556 g/mol. The van der Waals surface area contributed by atoms with Crippen LogP contribution in [0.4, 0.5) is 5.69 Å². The van der Waals surface area contributed by atoms with Gasteiger partial charge in [0.05, 0.1) is 16.4 Å². The normalized spacial score (nSPS) is 11.2. The molecule has 39 heavy (non-hydrogen) atoms. The number of benzene rings is 3. The van der Waals surface area contributed by atoms with E-state index in [4.69, 9.17) is 28.2 Å². The van der Waals surface area contributed by atoms with Crippen molar-refractivity contribution in [2.45, 2.75) is 26.2 Å². The molecule has 2 heterocycles. The van der Waals surface area contributed by atoms with E-state index in [1.54, 1.807) is 29.1 Å². The van der Waals surface area contributed by atoms with E-state index in [0.29, 0.717) is 27.5 Å². The third-order valence-corrected chi connectivity index (χ3v) is 6.54. The van der Waals surface area contributed by atoms with Gasteiger partial charge in [0.15, 0.2) is 5.11 Å². The SMILES string of the molecule is CCCCc1ccc(-n2nc3cc(Cl)c(NC(=S)NC(=O)/C=C/c4ccc(-c5ccccc5)o4)cc3n2)cc1. The number of nitrogens with one attached hydrogen (secondary N) is 2. The van der Waals surface area contributed by atoms with Crippen molar-refractivity contribution < 1.29 is 9.21 Å². The summed E-state index contributed by atoms with van der Waals surface area (Å²) in [5, 5.41) is 15.2. The molecule has 0 aliphatic carbocycles. The number of thiocarbonyl (C=S) groups is 1. The van der Waals surface area contributed by atoms with Crippen LogP contribution in [0.15, 0.2) is 89.4 Å². The summed E-state index contributed by atoms with van der Waals surface area (Å²) in [5.74, 6) is 0.865. The molecule has 2 aromatic heterocycles. The van der Waals surface area contributed by atoms with Gasteiger partial charge in [-0.1, -0.05) is 67.4 Å². The van der Waals surface area contributed by atoms with Gasteiger partial charge in [-0.15, -0.1) is 10.2 Å². The molecular weight excluding hydrogens is 530 g/mol. The number of aromatic nitrogens is 3. The predicted octanol–water partition coefficient (Wildman–Crippen LogP) is 7.20. The first-order valence-electron chi connectivity index (χ1n) is 12.6. The highest BCUT2D eigenvalue weighted by molar-refractivity contribution is 7.80. The Balaban J connectivity index is 1.21. The van der Waals surface area contributed by atoms with E-state index in [9.17, 15) is 4.79 Å². The zero-order valence-electron chi connectivity index (χ0n) is 21.2. The van der Waals surface area contributed by atoms with Crippen LogP contribution in [0.25, 0.3) is 34.1 Å². The van der Waals surface area contributed by atoms with Gasteiger partial charge in [0.2, 0.25) is 5.91 Å². The fourth-order valence-electron chi connectivity index (χ4n) is 3.99. The Bertz CT molecular complexity index is 1640. The van der Waals surface area contributed by atoms with E-state index in [2.05, 4.69) is 39.9 Å². The van der Waals surface area contributed by atoms with Crippen LogP contribution in [-0.4, -0.2) is 26.0 Å². The van der Waals surface area contributed by atoms with E-state index >= 15 is 0 Å². The second kappa shape index (κ2) is 12.1. The maximum absolute atomic E-state index is 12.4. The highest BCUT2D eigenvalue weighted by atomic mass is 35.5. The molecule has 0 atom stereocenters. The number of furan rings is 1. The maximum Gasteiger partial charge on any atom is 0.250 e. The molecule has 0 spiro atoms. The largest absolute Gasteiger partial charge is 0.457 e. The molecule has 1 amide bonds. The maximum atomic E-state index is 12.4. The number of aryl methyl sites for hydroxylation is 1. The number of fused-ring (bicyclic) bond motifs is 1. The average Bonchev–Trinajstić information content (AvgIpc) is 3.59. The van der Waals surface area contributed by atoms with Gasteiger partial charge in [0.1, 0.15) is 22.6 Å². The first-order chi connectivity index (χ1) is 19.0. The first-order valence-corrected chi connectivity index (χ1v) is 13.4. The highest BCUT2D eigenvalue weighted by Gasteiger charge is 2.12. The molecule has 0 saturated carbocycles. The number of carbonyl (C=O) groups excluding carboxylic acids is 1. The van der Waals surface area contributed by atoms with Gasteiger partial charge in [0.25, 0.3) is 0 Å². The van der Waals surface area contributed by atoms with Crippen molar-refractivity contribution in [2.24, 2.45) is 0 Å². The lowest BCUT2D eigenvalue weighted by atomic mass is 10.1. The molecule has 3 aromatic carbocycles. The summed E-state index contributed by atoms with van der Waals surface area (Å²) in [6.45, 7) is 2.18. The van der Waals surface area contributed by atoms with Crippen molar-refractivity contribution in [3.8, 4) is 17.0 Å². The van der Waals surface area contributed by atoms with Crippen LogP contribution in [-0.2, 0) is 11.2 Å². The standard InChI is InChI=1S/C30H26ClN5O2S/c1-2-3-7-20-10-12-22(13-11-20)36-34-26-18-24(31)25(19-27(26)35-36)32-30(39)33-29(37)17-15-23-14-16-28(38-23)21-8-5-4-6-9-21/h4-6,8-19H,2-3,7H2,1H3,(H2,32,33,37,39)/b17-15+. The van der Waals surface area contributed by atoms with Crippen molar-refractivity contribution in [1.82, 2.24) is 20.3 Å². The Morgan fingerprint density at radius 3 is 2.51 bits per heavy atom. The third-order valence-electron chi connectivity index (χ3n) is 6.02. The summed E-state index contributed by atoms with van der Waals surface area (Å²) >= 11 is 11.8. The van der Waals surface area contributed by atoms with E-state index < -0.39 is 5.91 Å². The summed E-state index contributed by atoms with van der Waals surface area (Å²) in [6.07, 6.45) is 6.31. The molecule has 0 aliphatic heterocycles. The lowest BCUT2D eigenvalue weighted by Crippen LogP contribution is -2.32. The van der Waals surface area contributed by atoms with Crippen LogP contribution in [0.1, 0.15) is 31.1 Å². The number of nitrogens with zero attached hydrogens (tertiary/aromatic N) is 3. The molecule has 0 saturated heterocycles. The summed E-state index contributed by atoms with van der Waals surface area (Å²) in [5.41, 5.74) is 4.90. The Morgan fingerprint density at radius 1 is 1.03 bits per heavy atom. The topological polar surface area (TPSA) is 85.0 Å². The lowest BCUT2D eigenvalue weighted by Gasteiger charge is -2.09. The van der Waals surface area contributed by atoms with Crippen molar-refractivity contribution in [1.29, 1.82) is 0 Å². The quantitative estimate of drug-likeness (QED) is 0.155. The monoisotopic (exact) mass is 555 g/mol. The first kappa shape index (κ1) is 26.3. The van der Waals surface area contributed by atoms with Crippen LogP contribution in [0.3, 0.4) is 0 Å². The van der Waals surface area contributed by atoms with Gasteiger partial charge in [-0.2, -0.15) is 4.80 Å². The van der Waals surface area contributed by atoms with Crippen molar-refractivity contribution in [3.05, 3.63) is 101 Å². The van der Waals surface area contributed by atoms with Gasteiger partial charge in [-0.05, 0) is 73.1 Å². The second-order valence-electron chi connectivity index (χ2n) is 8.92. The van der Waals surface area contributed by atoms with Gasteiger partial charge in [0, 0.05) is 11.6 Å². The minimum Gasteiger partial charge on any atom is -0.457 e. The number of anilines is 1. The van der Waals surface area contributed by atoms with Crippen LogP contribution in [0.5, 0.6) is 0 Å².